The average molecular weight is 234 g/mol. The molecule has 1 aromatic rings. The predicted octanol–water partition coefficient (Wildman–Crippen LogP) is 2.90. The number of carbonyl (C=O) groups is 1. The van der Waals surface area contributed by atoms with Gasteiger partial charge in [0.25, 0.3) is 0 Å². The molecule has 3 nitrogen and oxygen atoms in total. The zero-order valence-electron chi connectivity index (χ0n) is 9.36. The van der Waals surface area contributed by atoms with Crippen molar-refractivity contribution in [3.8, 4) is 6.07 Å². The second-order valence-electron chi connectivity index (χ2n) is 3.31. The van der Waals surface area contributed by atoms with Gasteiger partial charge in [-0.05, 0) is 30.9 Å². The zero-order valence-corrected chi connectivity index (χ0v) is 10.2. The molecule has 0 aliphatic rings. The first-order chi connectivity index (χ1) is 7.71. The maximum absolute atomic E-state index is 11.6. The van der Waals surface area contributed by atoms with Crippen LogP contribution in [0.25, 0.3) is 0 Å². The second kappa shape index (κ2) is 6.19. The summed E-state index contributed by atoms with van der Waals surface area (Å²) in [6, 6.07) is 9.56. The molecule has 0 aromatic heterocycles. The minimum Gasteiger partial charge on any atom is -0.325 e. The third-order valence-corrected chi connectivity index (χ3v) is 2.94. The first-order valence-corrected chi connectivity index (χ1v) is 6.28. The molecule has 0 spiro atoms. The van der Waals surface area contributed by atoms with Gasteiger partial charge in [-0.3, -0.25) is 4.79 Å². The van der Waals surface area contributed by atoms with Gasteiger partial charge in [0.1, 0.15) is 5.92 Å². The molecule has 16 heavy (non-hydrogen) atoms. The van der Waals surface area contributed by atoms with E-state index in [1.807, 2.05) is 43.5 Å². The normalized spacial score (nSPS) is 11.6. The van der Waals surface area contributed by atoms with Crippen molar-refractivity contribution in [3.63, 3.8) is 0 Å². The predicted molar refractivity (Wildman–Crippen MR) is 66.2 cm³/mol. The maximum Gasteiger partial charge on any atom is 0.241 e. The largest absolute Gasteiger partial charge is 0.325 e. The van der Waals surface area contributed by atoms with E-state index in [4.69, 9.17) is 5.26 Å². The quantitative estimate of drug-likeness (QED) is 0.815. The fourth-order valence-electron chi connectivity index (χ4n) is 1.27. The van der Waals surface area contributed by atoms with Crippen molar-refractivity contribution in [2.24, 2.45) is 5.92 Å². The van der Waals surface area contributed by atoms with Gasteiger partial charge in [-0.1, -0.05) is 13.0 Å². The van der Waals surface area contributed by atoms with Crippen molar-refractivity contribution in [2.75, 3.05) is 11.6 Å². The van der Waals surface area contributed by atoms with Crippen LogP contribution < -0.4 is 5.32 Å². The number of hydrogen-bond acceptors (Lipinski definition) is 3. The molecular weight excluding hydrogens is 220 g/mol. The van der Waals surface area contributed by atoms with Crippen LogP contribution in [-0.4, -0.2) is 12.2 Å². The minimum atomic E-state index is -0.571. The van der Waals surface area contributed by atoms with Crippen LogP contribution in [0.5, 0.6) is 0 Å². The lowest BCUT2D eigenvalue weighted by molar-refractivity contribution is -0.118. The van der Waals surface area contributed by atoms with Crippen LogP contribution in [0.4, 0.5) is 5.69 Å². The Hall–Kier alpha value is -1.47. The van der Waals surface area contributed by atoms with E-state index in [2.05, 4.69) is 5.32 Å². The summed E-state index contributed by atoms with van der Waals surface area (Å²) in [5, 5.41) is 11.5. The average Bonchev–Trinajstić information content (AvgIpc) is 2.31. The molecule has 0 aliphatic heterocycles. The van der Waals surface area contributed by atoms with Crippen LogP contribution in [0.1, 0.15) is 13.3 Å². The van der Waals surface area contributed by atoms with Gasteiger partial charge in [0.05, 0.1) is 6.07 Å². The number of hydrogen-bond donors (Lipinski definition) is 1. The van der Waals surface area contributed by atoms with Gasteiger partial charge in [-0.25, -0.2) is 0 Å². The molecule has 0 fully saturated rings. The number of nitrogens with one attached hydrogen (secondary N) is 1. The number of carbonyl (C=O) groups excluding carboxylic acids is 1. The Morgan fingerprint density at radius 3 is 2.94 bits per heavy atom. The molecule has 0 radical (unpaired) electrons. The highest BCUT2D eigenvalue weighted by molar-refractivity contribution is 7.98. The van der Waals surface area contributed by atoms with Gasteiger partial charge in [-0.2, -0.15) is 5.26 Å². The van der Waals surface area contributed by atoms with Gasteiger partial charge >= 0.3 is 0 Å². The molecule has 0 aliphatic carbocycles. The topological polar surface area (TPSA) is 52.9 Å². The Balaban J connectivity index is 2.73. The van der Waals surface area contributed by atoms with Crippen LogP contribution in [0.15, 0.2) is 29.2 Å². The number of benzene rings is 1. The van der Waals surface area contributed by atoms with Crippen molar-refractivity contribution in [2.45, 2.75) is 18.2 Å². The van der Waals surface area contributed by atoms with E-state index >= 15 is 0 Å². The number of anilines is 1. The first kappa shape index (κ1) is 12.6. The van der Waals surface area contributed by atoms with Gasteiger partial charge < -0.3 is 5.32 Å². The monoisotopic (exact) mass is 234 g/mol. The molecule has 0 bridgehead atoms. The van der Waals surface area contributed by atoms with Gasteiger partial charge in [0.15, 0.2) is 0 Å². The Bertz CT molecular complexity index is 412. The summed E-state index contributed by atoms with van der Waals surface area (Å²) >= 11 is 1.61. The smallest absolute Gasteiger partial charge is 0.241 e. The van der Waals surface area contributed by atoms with Crippen molar-refractivity contribution in [1.82, 2.24) is 0 Å². The Morgan fingerprint density at radius 2 is 2.38 bits per heavy atom. The molecule has 1 amide bonds. The van der Waals surface area contributed by atoms with E-state index in [0.29, 0.717) is 6.42 Å². The highest BCUT2D eigenvalue weighted by atomic mass is 32.2. The van der Waals surface area contributed by atoms with E-state index < -0.39 is 5.92 Å². The molecule has 0 saturated carbocycles. The molecule has 1 rings (SSSR count). The van der Waals surface area contributed by atoms with E-state index in [0.717, 1.165) is 10.6 Å². The number of nitriles is 1. The van der Waals surface area contributed by atoms with E-state index in [9.17, 15) is 4.79 Å². The Morgan fingerprint density at radius 1 is 1.62 bits per heavy atom. The Kier molecular flexibility index (Phi) is 4.87. The van der Waals surface area contributed by atoms with Crippen molar-refractivity contribution >= 4 is 23.4 Å². The number of nitrogens with zero attached hydrogens (tertiary/aromatic N) is 1. The summed E-state index contributed by atoms with van der Waals surface area (Å²) < 4.78 is 0. The van der Waals surface area contributed by atoms with Crippen LogP contribution in [0.2, 0.25) is 0 Å². The maximum atomic E-state index is 11.6. The minimum absolute atomic E-state index is 0.233. The lowest BCUT2D eigenvalue weighted by Crippen LogP contribution is -2.20. The molecule has 1 unspecified atom stereocenters. The van der Waals surface area contributed by atoms with Crippen molar-refractivity contribution in [3.05, 3.63) is 24.3 Å². The van der Waals surface area contributed by atoms with Gasteiger partial charge in [0.2, 0.25) is 5.91 Å². The number of rotatable bonds is 4. The molecule has 0 saturated heterocycles. The Labute approximate surface area is 99.8 Å². The summed E-state index contributed by atoms with van der Waals surface area (Å²) in [6.07, 6.45) is 2.51. The standard InChI is InChI=1S/C12H14N2OS/c1-3-9(8-13)12(15)14-10-5-4-6-11(7-10)16-2/h4-7,9H,3H2,1-2H3,(H,14,15). The number of thioether (sulfide) groups is 1. The van der Waals surface area contributed by atoms with Gasteiger partial charge in [-0.15, -0.1) is 11.8 Å². The summed E-state index contributed by atoms with van der Waals surface area (Å²) in [7, 11) is 0. The highest BCUT2D eigenvalue weighted by Gasteiger charge is 2.15. The molecule has 1 atom stereocenters. The summed E-state index contributed by atoms with van der Waals surface area (Å²) in [5.74, 6) is -0.804. The van der Waals surface area contributed by atoms with Crippen LogP contribution >= 0.6 is 11.8 Å². The molecular formula is C12H14N2OS. The van der Waals surface area contributed by atoms with Crippen molar-refractivity contribution < 1.29 is 4.79 Å². The molecule has 84 valence electrons. The summed E-state index contributed by atoms with van der Waals surface area (Å²) in [4.78, 5) is 12.7. The van der Waals surface area contributed by atoms with Crippen LogP contribution in [-0.2, 0) is 4.79 Å². The summed E-state index contributed by atoms with van der Waals surface area (Å²) in [5.41, 5.74) is 0.741. The SMILES string of the molecule is CCC(C#N)C(=O)Nc1cccc(SC)c1. The van der Waals surface area contributed by atoms with Crippen LogP contribution in [0.3, 0.4) is 0 Å². The third-order valence-electron chi connectivity index (χ3n) is 2.22. The fraction of sp³-hybridized carbons (Fsp3) is 0.333. The molecule has 0 heterocycles. The summed E-state index contributed by atoms with van der Waals surface area (Å²) in [6.45, 7) is 1.83. The first-order valence-electron chi connectivity index (χ1n) is 5.05. The van der Waals surface area contributed by atoms with Crippen molar-refractivity contribution in [1.29, 1.82) is 5.26 Å². The van der Waals surface area contributed by atoms with E-state index in [1.54, 1.807) is 11.8 Å². The molecule has 1 N–H and O–H groups in total. The second-order valence-corrected chi connectivity index (χ2v) is 4.19. The van der Waals surface area contributed by atoms with E-state index in [1.165, 1.54) is 0 Å². The van der Waals surface area contributed by atoms with Crippen LogP contribution in [0, 0.1) is 17.2 Å². The third kappa shape index (κ3) is 3.28. The lowest BCUT2D eigenvalue weighted by atomic mass is 10.1. The lowest BCUT2D eigenvalue weighted by Gasteiger charge is -2.08. The van der Waals surface area contributed by atoms with E-state index in [-0.39, 0.29) is 5.91 Å². The zero-order chi connectivity index (χ0) is 12.0. The highest BCUT2D eigenvalue weighted by Crippen LogP contribution is 2.19. The fourth-order valence-corrected chi connectivity index (χ4v) is 1.72. The van der Waals surface area contributed by atoms with Gasteiger partial charge in [0, 0.05) is 10.6 Å². The molecule has 4 heteroatoms. The number of amides is 1. The molecule has 1 aromatic carbocycles.